The second-order valence-corrected chi connectivity index (χ2v) is 5.28. The summed E-state index contributed by atoms with van der Waals surface area (Å²) in [7, 11) is 0. The zero-order valence-corrected chi connectivity index (χ0v) is 11.8. The van der Waals surface area contributed by atoms with Gasteiger partial charge in [0.1, 0.15) is 0 Å². The minimum absolute atomic E-state index is 0.262. The maximum Gasteiger partial charge on any atom is 0.266 e. The van der Waals surface area contributed by atoms with Gasteiger partial charge in [-0.25, -0.2) is 4.90 Å². The van der Waals surface area contributed by atoms with Crippen LogP contribution < -0.4 is 4.90 Å². The van der Waals surface area contributed by atoms with Crippen molar-refractivity contribution in [1.82, 2.24) is 0 Å². The molecule has 0 spiro atoms. The van der Waals surface area contributed by atoms with Gasteiger partial charge in [0.2, 0.25) is 0 Å². The molecule has 1 aliphatic heterocycles. The molecular weight excluding hydrogens is 306 g/mol. The lowest BCUT2D eigenvalue weighted by molar-refractivity contribution is 0.0926. The minimum atomic E-state index is -0.262. The largest absolute Gasteiger partial charge is 0.268 e. The number of hydrogen-bond donors (Lipinski definition) is 0. The lowest BCUT2D eigenvalue weighted by atomic mass is 10.1. The number of benzene rings is 2. The molecule has 0 saturated carbocycles. The Hall–Kier alpha value is -1.94. The predicted octanol–water partition coefficient (Wildman–Crippen LogP) is 3.56. The van der Waals surface area contributed by atoms with Crippen molar-refractivity contribution < 1.29 is 9.59 Å². The van der Waals surface area contributed by atoms with E-state index in [0.29, 0.717) is 16.8 Å². The molecule has 0 unspecified atom stereocenters. The van der Waals surface area contributed by atoms with E-state index in [2.05, 4.69) is 15.9 Å². The number of fused-ring (bicyclic) bond motifs is 1. The molecule has 0 bridgehead atoms. The molecule has 0 N–H and O–H groups in total. The standard InChI is InChI=1S/C15H10BrNO2/c1-9-8-10(6-7-13(9)16)17-14(18)11-4-2-3-5-12(11)15(17)19/h2-8H,1H3. The second-order valence-electron chi connectivity index (χ2n) is 4.42. The van der Waals surface area contributed by atoms with E-state index in [9.17, 15) is 9.59 Å². The third-order valence-corrected chi connectivity index (χ3v) is 4.08. The van der Waals surface area contributed by atoms with E-state index in [1.807, 2.05) is 19.1 Å². The quantitative estimate of drug-likeness (QED) is 0.755. The van der Waals surface area contributed by atoms with Gasteiger partial charge in [0.25, 0.3) is 11.8 Å². The van der Waals surface area contributed by atoms with Gasteiger partial charge in [-0.3, -0.25) is 9.59 Å². The van der Waals surface area contributed by atoms with E-state index < -0.39 is 0 Å². The lowest BCUT2D eigenvalue weighted by Gasteiger charge is -2.14. The van der Waals surface area contributed by atoms with Crippen LogP contribution in [0.4, 0.5) is 5.69 Å². The lowest BCUT2D eigenvalue weighted by Crippen LogP contribution is -2.29. The van der Waals surface area contributed by atoms with Gasteiger partial charge in [-0.15, -0.1) is 0 Å². The van der Waals surface area contributed by atoms with Gasteiger partial charge in [-0.2, -0.15) is 0 Å². The Morgan fingerprint density at radius 3 is 2.05 bits per heavy atom. The highest BCUT2D eigenvalue weighted by molar-refractivity contribution is 9.10. The minimum Gasteiger partial charge on any atom is -0.268 e. The van der Waals surface area contributed by atoms with Crippen LogP contribution in [0.25, 0.3) is 0 Å². The van der Waals surface area contributed by atoms with E-state index >= 15 is 0 Å². The number of nitrogens with zero attached hydrogens (tertiary/aromatic N) is 1. The molecule has 94 valence electrons. The topological polar surface area (TPSA) is 37.4 Å². The summed E-state index contributed by atoms with van der Waals surface area (Å²) in [6.45, 7) is 1.92. The van der Waals surface area contributed by atoms with Crippen LogP contribution >= 0.6 is 15.9 Å². The van der Waals surface area contributed by atoms with Crippen LogP contribution in [0.3, 0.4) is 0 Å². The number of carbonyl (C=O) groups is 2. The fourth-order valence-corrected chi connectivity index (χ4v) is 2.44. The van der Waals surface area contributed by atoms with Crippen LogP contribution in [0.2, 0.25) is 0 Å². The molecule has 0 radical (unpaired) electrons. The Kier molecular flexibility index (Phi) is 2.75. The van der Waals surface area contributed by atoms with Gasteiger partial charge in [-0.05, 0) is 42.8 Å². The van der Waals surface area contributed by atoms with Crippen LogP contribution in [0.5, 0.6) is 0 Å². The summed E-state index contributed by atoms with van der Waals surface area (Å²) >= 11 is 3.41. The van der Waals surface area contributed by atoms with E-state index in [1.54, 1.807) is 30.3 Å². The first-order chi connectivity index (χ1) is 9.09. The molecule has 0 fully saturated rings. The van der Waals surface area contributed by atoms with Gasteiger partial charge < -0.3 is 0 Å². The number of halogens is 1. The van der Waals surface area contributed by atoms with Gasteiger partial charge >= 0.3 is 0 Å². The van der Waals surface area contributed by atoms with Crippen LogP contribution in [0.15, 0.2) is 46.9 Å². The van der Waals surface area contributed by atoms with Gasteiger partial charge in [-0.1, -0.05) is 28.1 Å². The number of hydrogen-bond acceptors (Lipinski definition) is 2. The number of carbonyl (C=O) groups excluding carboxylic acids is 2. The molecule has 0 saturated heterocycles. The first-order valence-electron chi connectivity index (χ1n) is 5.83. The third kappa shape index (κ3) is 1.79. The van der Waals surface area contributed by atoms with E-state index in [1.165, 1.54) is 4.90 Å². The summed E-state index contributed by atoms with van der Waals surface area (Å²) in [6.07, 6.45) is 0. The number of rotatable bonds is 1. The molecule has 0 atom stereocenters. The van der Waals surface area contributed by atoms with Crippen molar-refractivity contribution in [2.75, 3.05) is 4.90 Å². The molecule has 3 nitrogen and oxygen atoms in total. The van der Waals surface area contributed by atoms with Crippen molar-refractivity contribution in [1.29, 1.82) is 0 Å². The van der Waals surface area contributed by atoms with Crippen molar-refractivity contribution in [2.45, 2.75) is 6.92 Å². The molecule has 0 aliphatic carbocycles. The summed E-state index contributed by atoms with van der Waals surface area (Å²) in [5.74, 6) is -0.523. The van der Waals surface area contributed by atoms with Gasteiger partial charge in [0.15, 0.2) is 0 Å². The van der Waals surface area contributed by atoms with Crippen molar-refractivity contribution >= 4 is 33.4 Å². The number of amides is 2. The fourth-order valence-electron chi connectivity index (χ4n) is 2.19. The number of anilines is 1. The fraction of sp³-hybridized carbons (Fsp3) is 0.0667. The third-order valence-electron chi connectivity index (χ3n) is 3.19. The molecule has 19 heavy (non-hydrogen) atoms. The summed E-state index contributed by atoms with van der Waals surface area (Å²) < 4.78 is 0.952. The SMILES string of the molecule is Cc1cc(N2C(=O)c3ccccc3C2=O)ccc1Br. The number of aryl methyl sites for hydroxylation is 1. The molecule has 2 aromatic rings. The Labute approximate surface area is 119 Å². The zero-order chi connectivity index (χ0) is 13.6. The molecular formula is C15H10BrNO2. The predicted molar refractivity (Wildman–Crippen MR) is 76.5 cm³/mol. The molecule has 0 aromatic heterocycles. The van der Waals surface area contributed by atoms with Crippen LogP contribution in [-0.2, 0) is 0 Å². The van der Waals surface area contributed by atoms with Gasteiger partial charge in [0.05, 0.1) is 16.8 Å². The molecule has 4 heteroatoms. The second kappa shape index (κ2) is 4.31. The maximum absolute atomic E-state index is 12.3. The maximum atomic E-state index is 12.3. The highest BCUT2D eigenvalue weighted by Crippen LogP contribution is 2.30. The van der Waals surface area contributed by atoms with Crippen LogP contribution in [-0.4, -0.2) is 11.8 Å². The smallest absolute Gasteiger partial charge is 0.266 e. The highest BCUT2D eigenvalue weighted by Gasteiger charge is 2.36. The molecule has 1 heterocycles. The summed E-state index contributed by atoms with van der Waals surface area (Å²) in [4.78, 5) is 25.8. The van der Waals surface area contributed by atoms with Gasteiger partial charge in [0, 0.05) is 4.47 Å². The molecule has 2 aromatic carbocycles. The van der Waals surface area contributed by atoms with E-state index in [4.69, 9.17) is 0 Å². The molecule has 1 aliphatic rings. The zero-order valence-electron chi connectivity index (χ0n) is 10.2. The van der Waals surface area contributed by atoms with Crippen molar-refractivity contribution in [3.05, 3.63) is 63.6 Å². The van der Waals surface area contributed by atoms with E-state index in [0.717, 1.165) is 10.0 Å². The normalized spacial score (nSPS) is 13.9. The average Bonchev–Trinajstić information content (AvgIpc) is 2.66. The Morgan fingerprint density at radius 1 is 0.947 bits per heavy atom. The van der Waals surface area contributed by atoms with Crippen LogP contribution in [0, 0.1) is 6.92 Å². The van der Waals surface area contributed by atoms with Crippen molar-refractivity contribution in [2.24, 2.45) is 0 Å². The average molecular weight is 316 g/mol. The Balaban J connectivity index is 2.11. The van der Waals surface area contributed by atoms with Crippen molar-refractivity contribution in [3.63, 3.8) is 0 Å². The molecule has 2 amide bonds. The van der Waals surface area contributed by atoms with Crippen molar-refractivity contribution in [3.8, 4) is 0 Å². The Bertz CT molecular complexity index is 674. The van der Waals surface area contributed by atoms with Crippen LogP contribution in [0.1, 0.15) is 26.3 Å². The summed E-state index contributed by atoms with van der Waals surface area (Å²) in [5.41, 5.74) is 2.52. The Morgan fingerprint density at radius 2 is 1.53 bits per heavy atom. The summed E-state index contributed by atoms with van der Waals surface area (Å²) in [6, 6.07) is 12.3. The summed E-state index contributed by atoms with van der Waals surface area (Å²) in [5, 5.41) is 0. The first kappa shape index (κ1) is 12.1. The number of imide groups is 1. The first-order valence-corrected chi connectivity index (χ1v) is 6.63. The molecule has 3 rings (SSSR count). The highest BCUT2D eigenvalue weighted by atomic mass is 79.9. The monoisotopic (exact) mass is 315 g/mol. The van der Waals surface area contributed by atoms with E-state index in [-0.39, 0.29) is 11.8 Å².